The Labute approximate surface area is 189 Å². The van der Waals surface area contributed by atoms with Crippen LogP contribution in [0, 0.1) is 11.3 Å². The maximum Gasteiger partial charge on any atom is 0.266 e. The molecular weight excluding hydrogens is 448 g/mol. The van der Waals surface area contributed by atoms with E-state index in [4.69, 9.17) is 9.47 Å². The van der Waals surface area contributed by atoms with Crippen molar-refractivity contribution in [1.82, 2.24) is 9.36 Å². The van der Waals surface area contributed by atoms with E-state index >= 15 is 0 Å². The number of fused-ring (bicyclic) bond motifs is 1. The third kappa shape index (κ3) is 3.95. The molecule has 0 spiro atoms. The van der Waals surface area contributed by atoms with Gasteiger partial charge in [0.2, 0.25) is 5.13 Å². The molecule has 0 amide bonds. The minimum atomic E-state index is -4.00. The van der Waals surface area contributed by atoms with Crippen LogP contribution in [-0.4, -0.2) is 32.0 Å². The Hall–Kier alpha value is -3.68. The standard InChI is InChI=1S/C22H18N4O4S2/c1-29-18-7-6-17(21(11-18)30-2)13-26(22-24-14-25-31-22)32(27,28)19-8-9-20-15(10-19)4-3-5-16(20)12-23/h3-11,14H,13H2,1-2H3. The summed E-state index contributed by atoms with van der Waals surface area (Å²) in [4.78, 5) is 4.21. The Morgan fingerprint density at radius 2 is 1.94 bits per heavy atom. The summed E-state index contributed by atoms with van der Waals surface area (Å²) in [6, 6.07) is 17.2. The van der Waals surface area contributed by atoms with Crippen LogP contribution >= 0.6 is 11.5 Å². The molecule has 0 saturated carbocycles. The number of aromatic nitrogens is 2. The van der Waals surface area contributed by atoms with Gasteiger partial charge in [-0.1, -0.05) is 18.2 Å². The molecule has 0 aliphatic rings. The van der Waals surface area contributed by atoms with Gasteiger partial charge >= 0.3 is 0 Å². The summed E-state index contributed by atoms with van der Waals surface area (Å²) in [5.74, 6) is 1.09. The lowest BCUT2D eigenvalue weighted by molar-refractivity contribution is 0.391. The third-order valence-electron chi connectivity index (χ3n) is 4.93. The van der Waals surface area contributed by atoms with Crippen molar-refractivity contribution >= 4 is 37.5 Å². The van der Waals surface area contributed by atoms with Gasteiger partial charge in [-0.25, -0.2) is 17.7 Å². The summed E-state index contributed by atoms with van der Waals surface area (Å²) in [7, 11) is -0.945. The molecule has 4 aromatic rings. The second-order valence-corrected chi connectivity index (χ2v) is 9.33. The summed E-state index contributed by atoms with van der Waals surface area (Å²) < 4.78 is 43.2. The van der Waals surface area contributed by atoms with Gasteiger partial charge in [0.25, 0.3) is 10.0 Å². The van der Waals surface area contributed by atoms with Gasteiger partial charge in [0.05, 0.1) is 37.3 Å². The van der Waals surface area contributed by atoms with E-state index in [2.05, 4.69) is 15.4 Å². The number of ether oxygens (including phenoxy) is 2. The minimum Gasteiger partial charge on any atom is -0.497 e. The zero-order valence-corrected chi connectivity index (χ0v) is 18.9. The van der Waals surface area contributed by atoms with E-state index in [0.717, 1.165) is 11.5 Å². The highest BCUT2D eigenvalue weighted by Crippen LogP contribution is 2.32. The topological polar surface area (TPSA) is 105 Å². The van der Waals surface area contributed by atoms with E-state index in [0.29, 0.717) is 33.4 Å². The zero-order valence-electron chi connectivity index (χ0n) is 17.2. The Morgan fingerprint density at radius 3 is 2.62 bits per heavy atom. The molecular formula is C22H18N4O4S2. The fraction of sp³-hybridized carbons (Fsp3) is 0.136. The number of hydrogen-bond donors (Lipinski definition) is 0. The number of methoxy groups -OCH3 is 2. The highest BCUT2D eigenvalue weighted by atomic mass is 32.2. The monoisotopic (exact) mass is 466 g/mol. The first-order valence-corrected chi connectivity index (χ1v) is 11.6. The highest BCUT2D eigenvalue weighted by Gasteiger charge is 2.29. The first-order chi connectivity index (χ1) is 15.5. The molecule has 0 aliphatic heterocycles. The molecule has 0 radical (unpaired) electrons. The van der Waals surface area contributed by atoms with Gasteiger partial charge in [-0.3, -0.25) is 0 Å². The van der Waals surface area contributed by atoms with Crippen molar-refractivity contribution in [2.75, 3.05) is 18.5 Å². The van der Waals surface area contributed by atoms with Gasteiger partial charge in [-0.15, -0.1) is 0 Å². The molecule has 0 N–H and O–H groups in total. The smallest absolute Gasteiger partial charge is 0.266 e. The minimum absolute atomic E-state index is 0.0129. The lowest BCUT2D eigenvalue weighted by atomic mass is 10.1. The SMILES string of the molecule is COc1ccc(CN(c2ncns2)S(=O)(=O)c2ccc3c(C#N)cccc3c2)c(OC)c1. The molecule has 0 bridgehead atoms. The average molecular weight is 467 g/mol. The van der Waals surface area contributed by atoms with Crippen molar-refractivity contribution in [3.63, 3.8) is 0 Å². The second-order valence-electron chi connectivity index (χ2n) is 6.71. The molecule has 1 heterocycles. The Balaban J connectivity index is 1.81. The Morgan fingerprint density at radius 1 is 1.09 bits per heavy atom. The van der Waals surface area contributed by atoms with Crippen LogP contribution < -0.4 is 13.8 Å². The highest BCUT2D eigenvalue weighted by molar-refractivity contribution is 7.93. The second kappa shape index (κ2) is 8.82. The summed E-state index contributed by atoms with van der Waals surface area (Å²) in [5.41, 5.74) is 1.12. The van der Waals surface area contributed by atoms with Crippen molar-refractivity contribution in [3.05, 3.63) is 72.1 Å². The molecule has 3 aromatic carbocycles. The number of nitrogens with zero attached hydrogens (tertiary/aromatic N) is 4. The van der Waals surface area contributed by atoms with Gasteiger partial charge in [-0.05, 0) is 41.1 Å². The summed E-state index contributed by atoms with van der Waals surface area (Å²) >= 11 is 0.980. The van der Waals surface area contributed by atoms with Crippen molar-refractivity contribution in [3.8, 4) is 17.6 Å². The van der Waals surface area contributed by atoms with Crippen LogP contribution in [0.1, 0.15) is 11.1 Å². The van der Waals surface area contributed by atoms with Crippen LogP contribution in [-0.2, 0) is 16.6 Å². The Kier molecular flexibility index (Phi) is 5.94. The first-order valence-electron chi connectivity index (χ1n) is 9.41. The number of anilines is 1. The molecule has 8 nitrogen and oxygen atoms in total. The van der Waals surface area contributed by atoms with E-state index in [1.807, 2.05) is 0 Å². The molecule has 32 heavy (non-hydrogen) atoms. The van der Waals surface area contributed by atoms with Crippen LogP contribution in [0.2, 0.25) is 0 Å². The maximum absolute atomic E-state index is 13.7. The number of nitriles is 1. The quantitative estimate of drug-likeness (QED) is 0.406. The van der Waals surface area contributed by atoms with Crippen LogP contribution in [0.15, 0.2) is 65.8 Å². The lowest BCUT2D eigenvalue weighted by Gasteiger charge is -2.23. The number of sulfonamides is 1. The van der Waals surface area contributed by atoms with Crippen LogP contribution in [0.4, 0.5) is 5.13 Å². The normalized spacial score (nSPS) is 11.2. The predicted molar refractivity (Wildman–Crippen MR) is 121 cm³/mol. The van der Waals surface area contributed by atoms with Gasteiger partial charge in [-0.2, -0.15) is 9.64 Å². The average Bonchev–Trinajstić information content (AvgIpc) is 3.35. The van der Waals surface area contributed by atoms with Crippen LogP contribution in [0.3, 0.4) is 0 Å². The lowest BCUT2D eigenvalue weighted by Crippen LogP contribution is -2.30. The first kappa shape index (κ1) is 21.5. The molecule has 162 valence electrons. The van der Waals surface area contributed by atoms with E-state index in [1.54, 1.807) is 55.6 Å². The van der Waals surface area contributed by atoms with Gasteiger partial charge in [0.1, 0.15) is 17.8 Å². The summed E-state index contributed by atoms with van der Waals surface area (Å²) in [6.45, 7) is -0.0129. The zero-order chi connectivity index (χ0) is 22.7. The van der Waals surface area contributed by atoms with E-state index in [1.165, 1.54) is 23.8 Å². The van der Waals surface area contributed by atoms with Crippen molar-refractivity contribution < 1.29 is 17.9 Å². The molecule has 0 saturated heterocycles. The fourth-order valence-electron chi connectivity index (χ4n) is 3.32. The molecule has 0 fully saturated rings. The number of rotatable bonds is 7. The molecule has 0 atom stereocenters. The van der Waals surface area contributed by atoms with Crippen molar-refractivity contribution in [1.29, 1.82) is 5.26 Å². The molecule has 10 heteroatoms. The molecule has 0 unspecified atom stereocenters. The Bertz CT molecular complexity index is 1410. The van der Waals surface area contributed by atoms with Gasteiger partial charge in [0.15, 0.2) is 0 Å². The van der Waals surface area contributed by atoms with E-state index < -0.39 is 10.0 Å². The van der Waals surface area contributed by atoms with E-state index in [-0.39, 0.29) is 16.6 Å². The van der Waals surface area contributed by atoms with Crippen molar-refractivity contribution in [2.24, 2.45) is 0 Å². The van der Waals surface area contributed by atoms with Crippen LogP contribution in [0.25, 0.3) is 10.8 Å². The van der Waals surface area contributed by atoms with Gasteiger partial charge < -0.3 is 9.47 Å². The molecule has 0 aliphatic carbocycles. The third-order valence-corrected chi connectivity index (χ3v) is 7.47. The van der Waals surface area contributed by atoms with Crippen LogP contribution in [0.5, 0.6) is 11.5 Å². The summed E-state index contributed by atoms with van der Waals surface area (Å²) in [5, 5.41) is 10.9. The van der Waals surface area contributed by atoms with E-state index in [9.17, 15) is 13.7 Å². The van der Waals surface area contributed by atoms with Crippen molar-refractivity contribution in [2.45, 2.75) is 11.4 Å². The fourth-order valence-corrected chi connectivity index (χ4v) is 5.48. The molecule has 4 rings (SSSR count). The summed E-state index contributed by atoms with van der Waals surface area (Å²) in [6.07, 6.45) is 1.31. The number of hydrogen-bond acceptors (Lipinski definition) is 8. The molecule has 1 aromatic heterocycles. The number of benzene rings is 3. The predicted octanol–water partition coefficient (Wildman–Crippen LogP) is 3.98. The van der Waals surface area contributed by atoms with Gasteiger partial charge in [0, 0.05) is 23.2 Å². The maximum atomic E-state index is 13.7. The largest absolute Gasteiger partial charge is 0.497 e.